The average molecular weight is 593 g/mol. The molecular weight excluding hydrogens is 536 g/mol. The van der Waals surface area contributed by atoms with E-state index in [0.717, 1.165) is 59.1 Å². The molecule has 2 N–H and O–H groups in total. The molecule has 0 aliphatic carbocycles. The van der Waals surface area contributed by atoms with Gasteiger partial charge in [0.25, 0.3) is 0 Å². The molecule has 0 aliphatic rings. The molecule has 0 spiro atoms. The van der Waals surface area contributed by atoms with Crippen LogP contribution in [0.1, 0.15) is 108 Å². The van der Waals surface area contributed by atoms with Gasteiger partial charge in [-0.2, -0.15) is 0 Å². The summed E-state index contributed by atoms with van der Waals surface area (Å²) in [6, 6.07) is 20.3. The van der Waals surface area contributed by atoms with Gasteiger partial charge in [0.05, 0.1) is 5.69 Å². The number of aliphatic imine (C=N–C) groups is 1. The van der Waals surface area contributed by atoms with E-state index in [4.69, 9.17) is 16.6 Å². The number of unbranched alkanes of at least 4 members (excludes halogenated alkanes) is 1. The van der Waals surface area contributed by atoms with Gasteiger partial charge in [0.1, 0.15) is 5.75 Å². The molecule has 232 valence electrons. The summed E-state index contributed by atoms with van der Waals surface area (Å²) >= 11 is 6.49. The SMILES string of the molecule is CCCCc1ccc(C(CC)=Nc2cc(O)ccc2C)c(Cl)c1.CCCNCCC(C)C.CCc1cccc(CC)c1. The predicted molar refractivity (Wildman–Crippen MR) is 187 cm³/mol. The Kier molecular flexibility index (Phi) is 19.6. The van der Waals surface area contributed by atoms with Gasteiger partial charge in [-0.25, -0.2) is 0 Å². The van der Waals surface area contributed by atoms with Gasteiger partial charge < -0.3 is 10.4 Å². The van der Waals surface area contributed by atoms with Crippen LogP contribution in [0.5, 0.6) is 5.75 Å². The van der Waals surface area contributed by atoms with Crippen molar-refractivity contribution in [3.63, 3.8) is 0 Å². The maximum Gasteiger partial charge on any atom is 0.117 e. The molecule has 3 rings (SSSR count). The number of hydrogen-bond acceptors (Lipinski definition) is 3. The molecule has 3 nitrogen and oxygen atoms in total. The van der Waals surface area contributed by atoms with Crippen molar-refractivity contribution in [2.75, 3.05) is 13.1 Å². The smallest absolute Gasteiger partial charge is 0.117 e. The number of aromatic hydroxyl groups is 1. The molecule has 0 atom stereocenters. The van der Waals surface area contributed by atoms with Gasteiger partial charge in [0.2, 0.25) is 0 Å². The second kappa shape index (κ2) is 22.0. The molecule has 3 aromatic rings. The quantitative estimate of drug-likeness (QED) is 0.153. The van der Waals surface area contributed by atoms with Gasteiger partial charge in [-0.3, -0.25) is 4.99 Å². The van der Waals surface area contributed by atoms with Crippen molar-refractivity contribution in [2.45, 2.75) is 107 Å². The Morgan fingerprint density at radius 2 is 1.52 bits per heavy atom. The normalized spacial score (nSPS) is 11.0. The van der Waals surface area contributed by atoms with Crippen LogP contribution in [0.15, 0.2) is 65.7 Å². The average Bonchev–Trinajstić information content (AvgIpc) is 2.99. The van der Waals surface area contributed by atoms with Crippen LogP contribution in [0.3, 0.4) is 0 Å². The van der Waals surface area contributed by atoms with E-state index >= 15 is 0 Å². The first kappa shape index (κ1) is 37.4. The van der Waals surface area contributed by atoms with Crippen molar-refractivity contribution >= 4 is 23.0 Å². The van der Waals surface area contributed by atoms with Crippen molar-refractivity contribution in [2.24, 2.45) is 10.9 Å². The van der Waals surface area contributed by atoms with Gasteiger partial charge in [-0.1, -0.05) is 109 Å². The summed E-state index contributed by atoms with van der Waals surface area (Å²) in [6.07, 6.45) is 9.04. The Labute approximate surface area is 262 Å². The number of halogens is 1. The third-order valence-corrected chi connectivity index (χ3v) is 7.39. The monoisotopic (exact) mass is 592 g/mol. The lowest BCUT2D eigenvalue weighted by Gasteiger charge is -2.10. The fraction of sp³-hybridized carbons (Fsp3) is 0.500. The Morgan fingerprint density at radius 3 is 2.07 bits per heavy atom. The van der Waals surface area contributed by atoms with Crippen LogP contribution in [0, 0.1) is 12.8 Å². The van der Waals surface area contributed by atoms with Crippen LogP contribution in [0.2, 0.25) is 5.02 Å². The van der Waals surface area contributed by atoms with Crippen LogP contribution >= 0.6 is 11.6 Å². The molecule has 0 bridgehead atoms. The molecule has 0 heterocycles. The lowest BCUT2D eigenvalue weighted by Crippen LogP contribution is -2.17. The van der Waals surface area contributed by atoms with Crippen LogP contribution < -0.4 is 5.32 Å². The predicted octanol–water partition coefficient (Wildman–Crippen LogP) is 11.1. The van der Waals surface area contributed by atoms with E-state index in [1.54, 1.807) is 12.1 Å². The Hall–Kier alpha value is -2.62. The lowest BCUT2D eigenvalue weighted by molar-refractivity contribution is 0.475. The topological polar surface area (TPSA) is 44.6 Å². The molecule has 3 aromatic carbocycles. The number of nitrogens with one attached hydrogen (secondary N) is 1. The number of aryl methyl sites for hydroxylation is 4. The van der Waals surface area contributed by atoms with E-state index in [9.17, 15) is 5.11 Å². The Morgan fingerprint density at radius 1 is 0.833 bits per heavy atom. The standard InChI is InChI=1S/C20H24ClNO.C10H14.C8H19N/c1-4-6-7-15-9-11-17(18(21)12-15)19(5-2)22-20-13-16(23)10-8-14(20)3;1-3-9-6-5-7-10(4-2)8-9;1-4-6-9-7-5-8(2)3/h8-13,23H,4-7H2,1-3H3;5-8H,3-4H2,1-2H3;8-9H,4-7H2,1-3H3. The summed E-state index contributed by atoms with van der Waals surface area (Å²) in [7, 11) is 0. The molecule has 42 heavy (non-hydrogen) atoms. The molecule has 0 saturated heterocycles. The van der Waals surface area contributed by atoms with Crippen LogP contribution in [0.25, 0.3) is 0 Å². The minimum absolute atomic E-state index is 0.228. The zero-order valence-corrected chi connectivity index (χ0v) is 28.5. The van der Waals surface area contributed by atoms with Gasteiger partial charge >= 0.3 is 0 Å². The van der Waals surface area contributed by atoms with Crippen molar-refractivity contribution in [3.8, 4) is 5.75 Å². The largest absolute Gasteiger partial charge is 0.508 e. The first-order valence-electron chi connectivity index (χ1n) is 16.1. The van der Waals surface area contributed by atoms with Crippen molar-refractivity contribution in [3.05, 3.63) is 93.5 Å². The van der Waals surface area contributed by atoms with E-state index in [-0.39, 0.29) is 5.75 Å². The highest BCUT2D eigenvalue weighted by atomic mass is 35.5. The van der Waals surface area contributed by atoms with Crippen LogP contribution in [-0.2, 0) is 19.3 Å². The second-order valence-electron chi connectivity index (χ2n) is 11.3. The van der Waals surface area contributed by atoms with Gasteiger partial charge in [-0.15, -0.1) is 0 Å². The Bertz CT molecular complexity index is 1170. The first-order chi connectivity index (χ1) is 20.2. The first-order valence-corrected chi connectivity index (χ1v) is 16.5. The van der Waals surface area contributed by atoms with E-state index < -0.39 is 0 Å². The minimum atomic E-state index is 0.228. The summed E-state index contributed by atoms with van der Waals surface area (Å²) in [5.74, 6) is 1.07. The number of benzene rings is 3. The molecule has 0 aromatic heterocycles. The molecule has 0 radical (unpaired) electrons. The highest BCUT2D eigenvalue weighted by Crippen LogP contribution is 2.27. The summed E-state index contributed by atoms with van der Waals surface area (Å²) < 4.78 is 0. The molecule has 0 unspecified atom stereocenters. The summed E-state index contributed by atoms with van der Waals surface area (Å²) in [4.78, 5) is 4.73. The number of hydrogen-bond donors (Lipinski definition) is 2. The van der Waals surface area contributed by atoms with Crippen LogP contribution in [-0.4, -0.2) is 23.9 Å². The number of nitrogens with zero attached hydrogens (tertiary/aromatic N) is 1. The Balaban J connectivity index is 0.000000382. The van der Waals surface area contributed by atoms with Gasteiger partial charge in [-0.05, 0) is 105 Å². The highest BCUT2D eigenvalue weighted by Gasteiger charge is 2.09. The molecule has 0 saturated carbocycles. The maximum atomic E-state index is 9.67. The summed E-state index contributed by atoms with van der Waals surface area (Å²) in [5.41, 5.74) is 7.88. The lowest BCUT2D eigenvalue weighted by atomic mass is 10.0. The fourth-order valence-electron chi connectivity index (χ4n) is 4.28. The minimum Gasteiger partial charge on any atom is -0.508 e. The number of phenols is 1. The zero-order valence-electron chi connectivity index (χ0n) is 27.7. The molecule has 0 fully saturated rings. The third kappa shape index (κ3) is 15.0. The van der Waals surface area contributed by atoms with Crippen molar-refractivity contribution in [1.82, 2.24) is 5.32 Å². The van der Waals surface area contributed by atoms with E-state index in [0.29, 0.717) is 0 Å². The van der Waals surface area contributed by atoms with Gasteiger partial charge in [0, 0.05) is 22.4 Å². The molecule has 0 amide bonds. The second-order valence-corrected chi connectivity index (χ2v) is 11.7. The maximum absolute atomic E-state index is 9.67. The highest BCUT2D eigenvalue weighted by molar-refractivity contribution is 6.34. The number of rotatable bonds is 13. The fourth-order valence-corrected chi connectivity index (χ4v) is 4.60. The van der Waals surface area contributed by atoms with E-state index in [2.05, 4.69) is 90.2 Å². The zero-order chi connectivity index (χ0) is 31.3. The molecular formula is C38H57ClN2O. The molecule has 0 aliphatic heterocycles. The van der Waals surface area contributed by atoms with Crippen molar-refractivity contribution in [1.29, 1.82) is 0 Å². The summed E-state index contributed by atoms with van der Waals surface area (Å²) in [6.45, 7) is 19.7. The van der Waals surface area contributed by atoms with E-state index in [1.807, 2.05) is 19.1 Å². The van der Waals surface area contributed by atoms with E-state index in [1.165, 1.54) is 55.5 Å². The van der Waals surface area contributed by atoms with Crippen LogP contribution in [0.4, 0.5) is 5.69 Å². The number of phenolic OH excluding ortho intramolecular Hbond substituents is 1. The molecule has 4 heteroatoms. The van der Waals surface area contributed by atoms with Crippen molar-refractivity contribution < 1.29 is 5.11 Å². The summed E-state index contributed by atoms with van der Waals surface area (Å²) in [5, 5.41) is 13.8. The van der Waals surface area contributed by atoms with Gasteiger partial charge in [0.15, 0.2) is 0 Å². The third-order valence-electron chi connectivity index (χ3n) is 7.08.